The van der Waals surface area contributed by atoms with E-state index in [0.29, 0.717) is 23.6 Å². The van der Waals surface area contributed by atoms with E-state index < -0.39 is 21.5 Å². The summed E-state index contributed by atoms with van der Waals surface area (Å²) >= 11 is 0. The Morgan fingerprint density at radius 1 is 1.03 bits per heavy atom. The third-order valence-corrected chi connectivity index (χ3v) is 8.80. The maximum atomic E-state index is 13.4. The molecule has 0 aromatic heterocycles. The van der Waals surface area contributed by atoms with Crippen molar-refractivity contribution in [2.45, 2.75) is 55.9 Å². The zero-order valence-corrected chi connectivity index (χ0v) is 22.3. The lowest BCUT2D eigenvalue weighted by molar-refractivity contribution is -0.118. The van der Waals surface area contributed by atoms with Gasteiger partial charge in [0.25, 0.3) is 0 Å². The van der Waals surface area contributed by atoms with E-state index in [9.17, 15) is 18.3 Å². The van der Waals surface area contributed by atoms with Crippen LogP contribution in [-0.2, 0) is 20.2 Å². The Bertz CT molecular complexity index is 1450. The van der Waals surface area contributed by atoms with Crippen molar-refractivity contribution in [3.05, 3.63) is 71.8 Å². The summed E-state index contributed by atoms with van der Waals surface area (Å²) in [7, 11) is -3.75. The molecule has 1 heterocycles. The summed E-state index contributed by atoms with van der Waals surface area (Å²) in [4.78, 5) is 13.5. The first-order chi connectivity index (χ1) is 18.3. The van der Waals surface area contributed by atoms with Gasteiger partial charge in [0.05, 0.1) is 16.9 Å². The van der Waals surface area contributed by atoms with E-state index in [1.807, 2.05) is 50.2 Å². The van der Waals surface area contributed by atoms with Crippen molar-refractivity contribution in [1.29, 1.82) is 0 Å². The molecule has 1 fully saturated rings. The van der Waals surface area contributed by atoms with Gasteiger partial charge in [-0.05, 0) is 84.8 Å². The Morgan fingerprint density at radius 2 is 1.76 bits per heavy atom. The SMILES string of the molecule is CCC[C@@H](CO)NS(=O)(=O)c1ccc(-c2cc(NC(=O)C3(c4ccc5c(c4)OCO5)CC3)ccc2C)cc1. The Hall–Kier alpha value is -3.40. The van der Waals surface area contributed by atoms with Gasteiger partial charge in [-0.2, -0.15) is 0 Å². The number of aryl methyl sites for hydroxylation is 1. The summed E-state index contributed by atoms with van der Waals surface area (Å²) in [5.74, 6) is 1.29. The molecule has 0 bridgehead atoms. The fourth-order valence-corrected chi connectivity index (χ4v) is 6.13. The number of benzene rings is 3. The quantitative estimate of drug-likeness (QED) is 0.352. The van der Waals surface area contributed by atoms with Crippen LogP contribution in [0.4, 0.5) is 5.69 Å². The van der Waals surface area contributed by atoms with Gasteiger partial charge in [0.2, 0.25) is 22.7 Å². The molecule has 0 saturated heterocycles. The van der Waals surface area contributed by atoms with Gasteiger partial charge in [0.15, 0.2) is 11.5 Å². The summed E-state index contributed by atoms with van der Waals surface area (Å²) < 4.78 is 39.0. The number of amides is 1. The maximum Gasteiger partial charge on any atom is 0.240 e. The molecule has 9 heteroatoms. The fraction of sp³-hybridized carbons (Fsp3) is 0.345. The van der Waals surface area contributed by atoms with Crippen molar-refractivity contribution >= 4 is 21.6 Å². The molecule has 3 N–H and O–H groups in total. The highest BCUT2D eigenvalue weighted by Crippen LogP contribution is 2.51. The summed E-state index contributed by atoms with van der Waals surface area (Å²) in [6, 6.07) is 17.5. The third-order valence-electron chi connectivity index (χ3n) is 7.26. The van der Waals surface area contributed by atoms with E-state index in [1.165, 1.54) is 0 Å². The van der Waals surface area contributed by atoms with E-state index in [-0.39, 0.29) is 24.2 Å². The lowest BCUT2D eigenvalue weighted by Gasteiger charge is -2.18. The molecule has 8 nitrogen and oxygen atoms in total. The lowest BCUT2D eigenvalue weighted by atomic mass is 9.94. The van der Waals surface area contributed by atoms with E-state index in [2.05, 4.69) is 10.0 Å². The van der Waals surface area contributed by atoms with Crippen molar-refractivity contribution in [2.24, 2.45) is 0 Å². The van der Waals surface area contributed by atoms with Crippen molar-refractivity contribution in [3.63, 3.8) is 0 Å². The molecule has 0 radical (unpaired) electrons. The summed E-state index contributed by atoms with van der Waals surface area (Å²) in [5.41, 5.74) is 3.73. The molecule has 1 amide bonds. The largest absolute Gasteiger partial charge is 0.454 e. The number of hydrogen-bond donors (Lipinski definition) is 3. The Labute approximate surface area is 223 Å². The Morgan fingerprint density at radius 3 is 2.45 bits per heavy atom. The van der Waals surface area contributed by atoms with Gasteiger partial charge in [-0.15, -0.1) is 0 Å². The maximum absolute atomic E-state index is 13.4. The average molecular weight is 537 g/mol. The van der Waals surface area contributed by atoms with Crippen molar-refractivity contribution in [3.8, 4) is 22.6 Å². The van der Waals surface area contributed by atoms with Gasteiger partial charge in [-0.25, -0.2) is 13.1 Å². The Kier molecular flexibility index (Phi) is 7.17. The number of aliphatic hydroxyl groups excluding tert-OH is 1. The van der Waals surface area contributed by atoms with E-state index in [0.717, 1.165) is 41.5 Å². The summed E-state index contributed by atoms with van der Waals surface area (Å²) in [6.45, 7) is 3.85. The van der Waals surface area contributed by atoms with Crippen molar-refractivity contribution in [1.82, 2.24) is 4.72 Å². The van der Waals surface area contributed by atoms with Crippen LogP contribution in [0, 0.1) is 6.92 Å². The van der Waals surface area contributed by atoms with Gasteiger partial charge >= 0.3 is 0 Å². The number of hydrogen-bond acceptors (Lipinski definition) is 6. The van der Waals surface area contributed by atoms with Crippen LogP contribution < -0.4 is 19.5 Å². The molecule has 0 spiro atoms. The second-order valence-electron chi connectivity index (χ2n) is 9.95. The molecule has 3 aromatic carbocycles. The van der Waals surface area contributed by atoms with Crippen LogP contribution in [0.3, 0.4) is 0 Å². The minimum Gasteiger partial charge on any atom is -0.454 e. The predicted octanol–water partition coefficient (Wildman–Crippen LogP) is 4.50. The fourth-order valence-electron chi connectivity index (χ4n) is 4.86. The van der Waals surface area contributed by atoms with Crippen molar-refractivity contribution in [2.75, 3.05) is 18.7 Å². The van der Waals surface area contributed by atoms with Crippen LogP contribution in [0.1, 0.15) is 43.7 Å². The molecule has 38 heavy (non-hydrogen) atoms. The molecule has 1 aliphatic carbocycles. The van der Waals surface area contributed by atoms with Crippen LogP contribution >= 0.6 is 0 Å². The second-order valence-corrected chi connectivity index (χ2v) is 11.7. The van der Waals surface area contributed by atoms with E-state index >= 15 is 0 Å². The predicted molar refractivity (Wildman–Crippen MR) is 145 cm³/mol. The highest BCUT2D eigenvalue weighted by atomic mass is 32.2. The molecule has 1 aliphatic heterocycles. The number of carbonyl (C=O) groups is 1. The van der Waals surface area contributed by atoms with E-state index in [1.54, 1.807) is 24.3 Å². The minimum atomic E-state index is -3.75. The normalized spacial score (nSPS) is 16.2. The summed E-state index contributed by atoms with van der Waals surface area (Å²) in [6.07, 6.45) is 2.84. The van der Waals surface area contributed by atoms with Crippen LogP contribution in [0.2, 0.25) is 0 Å². The highest BCUT2D eigenvalue weighted by Gasteiger charge is 2.51. The second kappa shape index (κ2) is 10.4. The highest BCUT2D eigenvalue weighted by molar-refractivity contribution is 7.89. The smallest absolute Gasteiger partial charge is 0.240 e. The zero-order chi connectivity index (χ0) is 26.9. The van der Waals surface area contributed by atoms with Crippen LogP contribution in [-0.4, -0.2) is 38.9 Å². The zero-order valence-electron chi connectivity index (χ0n) is 21.5. The van der Waals surface area contributed by atoms with Gasteiger partial charge in [0.1, 0.15) is 0 Å². The number of fused-ring (bicyclic) bond motifs is 1. The number of carbonyl (C=O) groups excluding carboxylic acids is 1. The number of ether oxygens (including phenoxy) is 2. The van der Waals surface area contributed by atoms with Crippen LogP contribution in [0.25, 0.3) is 11.1 Å². The minimum absolute atomic E-state index is 0.0656. The average Bonchev–Trinajstić information content (AvgIpc) is 3.60. The molecule has 2 aliphatic rings. The first-order valence-electron chi connectivity index (χ1n) is 12.8. The van der Waals surface area contributed by atoms with Crippen LogP contribution in [0.15, 0.2) is 65.6 Å². The number of anilines is 1. The van der Waals surface area contributed by atoms with Gasteiger partial charge in [0, 0.05) is 11.7 Å². The molecule has 0 unspecified atom stereocenters. The van der Waals surface area contributed by atoms with E-state index in [4.69, 9.17) is 9.47 Å². The first kappa shape index (κ1) is 26.2. The number of sulfonamides is 1. The Balaban J connectivity index is 1.33. The number of aliphatic hydroxyl groups is 1. The van der Waals surface area contributed by atoms with Gasteiger partial charge in [-0.1, -0.05) is 37.6 Å². The molecular formula is C29H32N2O6S. The molecule has 5 rings (SSSR count). The van der Waals surface area contributed by atoms with Gasteiger partial charge < -0.3 is 19.9 Å². The molecular weight excluding hydrogens is 504 g/mol. The monoisotopic (exact) mass is 536 g/mol. The third kappa shape index (κ3) is 5.14. The molecule has 1 saturated carbocycles. The topological polar surface area (TPSA) is 114 Å². The number of rotatable bonds is 10. The standard InChI is InChI=1S/C29H32N2O6S/c1-3-4-23(17-32)31-38(34,35)24-10-6-20(7-11-24)25-16-22(9-5-19(25)2)30-28(33)29(13-14-29)21-8-12-26-27(15-21)37-18-36-26/h5-12,15-16,23,31-32H,3-4,13-14,17-18H2,1-2H3,(H,30,33)/t23-/m0/s1. The number of nitrogens with one attached hydrogen (secondary N) is 2. The van der Waals surface area contributed by atoms with Crippen molar-refractivity contribution < 1.29 is 27.8 Å². The summed E-state index contributed by atoms with van der Waals surface area (Å²) in [5, 5.41) is 12.6. The van der Waals surface area contributed by atoms with Gasteiger partial charge in [-0.3, -0.25) is 4.79 Å². The molecule has 3 aromatic rings. The lowest BCUT2D eigenvalue weighted by Crippen LogP contribution is -2.37. The molecule has 200 valence electrons. The molecule has 1 atom stereocenters. The first-order valence-corrected chi connectivity index (χ1v) is 14.3. The van der Waals surface area contributed by atoms with Crippen LogP contribution in [0.5, 0.6) is 11.5 Å².